The Labute approximate surface area is 111 Å². The van der Waals surface area contributed by atoms with Crippen molar-refractivity contribution >= 4 is 23.2 Å². The van der Waals surface area contributed by atoms with E-state index in [0.29, 0.717) is 12.8 Å². The van der Waals surface area contributed by atoms with Gasteiger partial charge in [0.1, 0.15) is 0 Å². The second-order valence-corrected chi connectivity index (χ2v) is 5.18. The minimum Gasteiger partial charge on any atom is -0.322 e. The maximum atomic E-state index is 13.7. The van der Waals surface area contributed by atoms with Gasteiger partial charge in [-0.2, -0.15) is 0 Å². The summed E-state index contributed by atoms with van der Waals surface area (Å²) in [6.45, 7) is 0. The Hall–Kier alpha value is -1.13. The van der Waals surface area contributed by atoms with E-state index in [9.17, 15) is 9.18 Å². The predicted octanol–water partition coefficient (Wildman–Crippen LogP) is 3.08. The van der Waals surface area contributed by atoms with Crippen LogP contribution >= 0.6 is 11.6 Å². The third-order valence-corrected chi connectivity index (χ3v) is 3.69. The first-order chi connectivity index (χ1) is 8.53. The maximum absolute atomic E-state index is 13.7. The van der Waals surface area contributed by atoms with E-state index in [2.05, 4.69) is 5.32 Å². The molecule has 3 N–H and O–H groups in total. The summed E-state index contributed by atoms with van der Waals surface area (Å²) >= 11 is 5.66. The van der Waals surface area contributed by atoms with Crippen molar-refractivity contribution in [3.63, 3.8) is 0 Å². The maximum Gasteiger partial charge on any atom is 0.244 e. The number of benzene rings is 1. The van der Waals surface area contributed by atoms with E-state index < -0.39 is 11.4 Å². The molecule has 5 heteroatoms. The minimum absolute atomic E-state index is 0.0116. The second-order valence-electron chi connectivity index (χ2n) is 4.77. The van der Waals surface area contributed by atoms with Crippen LogP contribution in [0.2, 0.25) is 5.02 Å². The van der Waals surface area contributed by atoms with E-state index in [0.717, 1.165) is 19.3 Å². The fourth-order valence-corrected chi connectivity index (χ4v) is 2.43. The summed E-state index contributed by atoms with van der Waals surface area (Å²) < 4.78 is 13.7. The average Bonchev–Trinajstić information content (AvgIpc) is 2.36. The standard InChI is InChI=1S/C13H16ClFN2O/c14-9-5-4-6-10(11(9)15)17-12(18)13(16)7-2-1-3-8-13/h4-6H,1-3,7-8,16H2,(H,17,18). The van der Waals surface area contributed by atoms with Crippen molar-refractivity contribution in [1.29, 1.82) is 0 Å². The van der Waals surface area contributed by atoms with Crippen molar-refractivity contribution in [2.45, 2.75) is 37.6 Å². The van der Waals surface area contributed by atoms with Crippen LogP contribution in [0.25, 0.3) is 0 Å². The molecular weight excluding hydrogens is 255 g/mol. The van der Waals surface area contributed by atoms with Gasteiger partial charge in [-0.15, -0.1) is 0 Å². The molecule has 1 fully saturated rings. The lowest BCUT2D eigenvalue weighted by atomic mass is 9.82. The first kappa shape index (κ1) is 13.3. The number of amides is 1. The van der Waals surface area contributed by atoms with E-state index in [1.54, 1.807) is 6.07 Å². The highest BCUT2D eigenvalue weighted by molar-refractivity contribution is 6.31. The summed E-state index contributed by atoms with van der Waals surface area (Å²) in [5, 5.41) is 2.53. The van der Waals surface area contributed by atoms with Crippen LogP contribution in [-0.4, -0.2) is 11.4 Å². The molecule has 1 saturated carbocycles. The summed E-state index contributed by atoms with van der Waals surface area (Å²) in [4.78, 5) is 12.1. The number of carbonyl (C=O) groups is 1. The molecule has 0 spiro atoms. The molecule has 0 heterocycles. The van der Waals surface area contributed by atoms with Gasteiger partial charge < -0.3 is 11.1 Å². The smallest absolute Gasteiger partial charge is 0.244 e. The SMILES string of the molecule is NC1(C(=O)Nc2cccc(Cl)c2F)CCCCC1. The molecule has 3 nitrogen and oxygen atoms in total. The van der Waals surface area contributed by atoms with Gasteiger partial charge in [0.05, 0.1) is 16.2 Å². The van der Waals surface area contributed by atoms with Crippen molar-refractivity contribution in [2.75, 3.05) is 5.32 Å². The van der Waals surface area contributed by atoms with Gasteiger partial charge in [0.2, 0.25) is 5.91 Å². The molecule has 1 aromatic carbocycles. The molecule has 0 saturated heterocycles. The molecule has 18 heavy (non-hydrogen) atoms. The van der Waals surface area contributed by atoms with Gasteiger partial charge in [-0.1, -0.05) is 36.9 Å². The molecule has 98 valence electrons. The summed E-state index contributed by atoms with van der Waals surface area (Å²) in [6.07, 6.45) is 4.24. The number of carbonyl (C=O) groups excluding carboxylic acids is 1. The zero-order valence-corrected chi connectivity index (χ0v) is 10.8. The first-order valence-electron chi connectivity index (χ1n) is 6.07. The van der Waals surface area contributed by atoms with Gasteiger partial charge in [-0.05, 0) is 25.0 Å². The van der Waals surface area contributed by atoms with Gasteiger partial charge in [0, 0.05) is 0 Å². The Kier molecular flexibility index (Phi) is 3.88. The van der Waals surface area contributed by atoms with Crippen molar-refractivity contribution in [3.8, 4) is 0 Å². The Morgan fingerprint density at radius 3 is 2.67 bits per heavy atom. The van der Waals surface area contributed by atoms with E-state index >= 15 is 0 Å². The number of anilines is 1. The third kappa shape index (κ3) is 2.65. The summed E-state index contributed by atoms with van der Waals surface area (Å²) in [5.41, 5.74) is 5.28. The Morgan fingerprint density at radius 2 is 2.00 bits per heavy atom. The van der Waals surface area contributed by atoms with Gasteiger partial charge in [-0.25, -0.2) is 4.39 Å². The Bertz CT molecular complexity index is 458. The van der Waals surface area contributed by atoms with Crippen LogP contribution in [0.5, 0.6) is 0 Å². The number of rotatable bonds is 2. The van der Waals surface area contributed by atoms with Crippen LogP contribution in [0.4, 0.5) is 10.1 Å². The van der Waals surface area contributed by atoms with Crippen LogP contribution in [0, 0.1) is 5.82 Å². The molecule has 0 aliphatic heterocycles. The normalized spacial score (nSPS) is 18.4. The van der Waals surface area contributed by atoms with E-state index in [1.165, 1.54) is 12.1 Å². The molecule has 0 atom stereocenters. The average molecular weight is 271 g/mol. The van der Waals surface area contributed by atoms with Crippen molar-refractivity contribution in [1.82, 2.24) is 0 Å². The number of nitrogens with one attached hydrogen (secondary N) is 1. The number of hydrogen-bond acceptors (Lipinski definition) is 2. The first-order valence-corrected chi connectivity index (χ1v) is 6.45. The predicted molar refractivity (Wildman–Crippen MR) is 70.0 cm³/mol. The highest BCUT2D eigenvalue weighted by Gasteiger charge is 2.35. The summed E-state index contributed by atoms with van der Waals surface area (Å²) in [6, 6.07) is 4.50. The zero-order valence-electron chi connectivity index (χ0n) is 10.0. The fraction of sp³-hybridized carbons (Fsp3) is 0.462. The van der Waals surface area contributed by atoms with E-state index in [4.69, 9.17) is 17.3 Å². The number of nitrogens with two attached hydrogens (primary N) is 1. The molecule has 1 aliphatic carbocycles. The van der Waals surface area contributed by atoms with Crippen LogP contribution in [0.1, 0.15) is 32.1 Å². The molecule has 2 rings (SSSR count). The monoisotopic (exact) mass is 270 g/mol. The molecule has 1 amide bonds. The van der Waals surface area contributed by atoms with Crippen LogP contribution in [0.15, 0.2) is 18.2 Å². The second kappa shape index (κ2) is 5.24. The Balaban J connectivity index is 2.13. The third-order valence-electron chi connectivity index (χ3n) is 3.40. The molecule has 1 aliphatic rings. The van der Waals surface area contributed by atoms with Gasteiger partial charge in [-0.3, -0.25) is 4.79 Å². The van der Waals surface area contributed by atoms with Crippen molar-refractivity contribution in [3.05, 3.63) is 29.0 Å². The summed E-state index contributed by atoms with van der Waals surface area (Å²) in [5.74, 6) is -0.949. The quantitative estimate of drug-likeness (QED) is 0.868. The van der Waals surface area contributed by atoms with Crippen molar-refractivity contribution < 1.29 is 9.18 Å². The highest BCUT2D eigenvalue weighted by Crippen LogP contribution is 2.28. The van der Waals surface area contributed by atoms with Crippen LogP contribution in [-0.2, 0) is 4.79 Å². The molecule has 0 radical (unpaired) electrons. The molecule has 1 aromatic rings. The molecular formula is C13H16ClFN2O. The highest BCUT2D eigenvalue weighted by atomic mass is 35.5. The van der Waals surface area contributed by atoms with Crippen LogP contribution < -0.4 is 11.1 Å². The largest absolute Gasteiger partial charge is 0.322 e. The molecule has 0 aromatic heterocycles. The van der Waals surface area contributed by atoms with E-state index in [1.807, 2.05) is 0 Å². The van der Waals surface area contributed by atoms with Gasteiger partial charge in [0.15, 0.2) is 5.82 Å². The lowest BCUT2D eigenvalue weighted by Gasteiger charge is -2.31. The Morgan fingerprint density at radius 1 is 1.33 bits per heavy atom. The fourth-order valence-electron chi connectivity index (χ4n) is 2.26. The number of hydrogen-bond donors (Lipinski definition) is 2. The lowest BCUT2D eigenvalue weighted by molar-refractivity contribution is -0.122. The van der Waals surface area contributed by atoms with Gasteiger partial charge in [0.25, 0.3) is 0 Å². The van der Waals surface area contributed by atoms with Crippen molar-refractivity contribution in [2.24, 2.45) is 5.73 Å². The topological polar surface area (TPSA) is 55.1 Å². The molecule has 0 bridgehead atoms. The van der Waals surface area contributed by atoms with Gasteiger partial charge >= 0.3 is 0 Å². The van der Waals surface area contributed by atoms with E-state index in [-0.39, 0.29) is 16.6 Å². The summed E-state index contributed by atoms with van der Waals surface area (Å²) in [7, 11) is 0. The zero-order chi connectivity index (χ0) is 13.2. The molecule has 0 unspecified atom stereocenters. The number of halogens is 2. The van der Waals surface area contributed by atoms with Crippen LogP contribution in [0.3, 0.4) is 0 Å². The lowest BCUT2D eigenvalue weighted by Crippen LogP contribution is -2.52. The minimum atomic E-state index is -0.882.